The Labute approximate surface area is 136 Å². The molecule has 0 unspecified atom stereocenters. The number of rotatable bonds is 11. The van der Waals surface area contributed by atoms with E-state index in [1.165, 1.54) is 0 Å². The molecule has 0 saturated heterocycles. The summed E-state index contributed by atoms with van der Waals surface area (Å²) in [6.45, 7) is 14.3. The van der Waals surface area contributed by atoms with Gasteiger partial charge in [0.25, 0.3) is 0 Å². The Morgan fingerprint density at radius 3 is 1.86 bits per heavy atom. The second-order valence-corrected chi connectivity index (χ2v) is 8.02. The maximum atomic E-state index is 6.17. The van der Waals surface area contributed by atoms with Gasteiger partial charge in [-0.15, -0.1) is 0 Å². The SMILES string of the molecule is C=C(C)c1cccc([Si](OCCC)(OCCC)OCCC)c1. The second-order valence-electron chi connectivity index (χ2n) is 5.46. The third-order valence-electron chi connectivity index (χ3n) is 3.20. The van der Waals surface area contributed by atoms with Crippen LogP contribution in [0.4, 0.5) is 0 Å². The highest BCUT2D eigenvalue weighted by atomic mass is 28.4. The lowest BCUT2D eigenvalue weighted by Gasteiger charge is -2.30. The van der Waals surface area contributed by atoms with Crippen molar-refractivity contribution in [1.29, 1.82) is 0 Å². The summed E-state index contributed by atoms with van der Waals surface area (Å²) in [7, 11) is -2.85. The Balaban J connectivity index is 3.18. The molecule has 124 valence electrons. The molecule has 1 aromatic rings. The molecule has 1 aromatic carbocycles. The van der Waals surface area contributed by atoms with Gasteiger partial charge in [0, 0.05) is 25.0 Å². The van der Waals surface area contributed by atoms with Gasteiger partial charge in [-0.05, 0) is 37.8 Å². The number of hydrogen-bond acceptors (Lipinski definition) is 3. The van der Waals surface area contributed by atoms with Crippen molar-refractivity contribution in [2.45, 2.75) is 47.0 Å². The first-order valence-electron chi connectivity index (χ1n) is 8.27. The molecular formula is C18H30O3Si. The van der Waals surface area contributed by atoms with Crippen LogP contribution >= 0.6 is 0 Å². The lowest BCUT2D eigenvalue weighted by atomic mass is 10.1. The lowest BCUT2D eigenvalue weighted by molar-refractivity contribution is 0.0732. The first-order valence-corrected chi connectivity index (χ1v) is 10.00. The van der Waals surface area contributed by atoms with Crippen molar-refractivity contribution in [3.63, 3.8) is 0 Å². The summed E-state index contributed by atoms with van der Waals surface area (Å²) in [5.74, 6) is 0. The van der Waals surface area contributed by atoms with E-state index in [9.17, 15) is 0 Å². The molecule has 0 spiro atoms. The zero-order valence-corrected chi connectivity index (χ0v) is 15.5. The fraction of sp³-hybridized carbons (Fsp3) is 0.556. The molecule has 0 aromatic heterocycles. The van der Waals surface area contributed by atoms with E-state index in [2.05, 4.69) is 45.5 Å². The Kier molecular flexibility index (Phi) is 8.64. The van der Waals surface area contributed by atoms with Crippen LogP contribution in [0.5, 0.6) is 0 Å². The van der Waals surface area contributed by atoms with Crippen molar-refractivity contribution >= 4 is 19.6 Å². The molecule has 0 saturated carbocycles. The molecule has 0 radical (unpaired) electrons. The first-order chi connectivity index (χ1) is 10.6. The highest BCUT2D eigenvalue weighted by molar-refractivity contribution is 6.75. The van der Waals surface area contributed by atoms with Crippen LogP contribution < -0.4 is 5.19 Å². The predicted molar refractivity (Wildman–Crippen MR) is 95.3 cm³/mol. The fourth-order valence-corrected chi connectivity index (χ4v) is 4.86. The summed E-state index contributed by atoms with van der Waals surface area (Å²) in [5, 5.41) is 1.03. The van der Waals surface area contributed by atoms with Gasteiger partial charge in [0.1, 0.15) is 0 Å². The van der Waals surface area contributed by atoms with Crippen LogP contribution in [0.15, 0.2) is 30.8 Å². The monoisotopic (exact) mass is 322 g/mol. The van der Waals surface area contributed by atoms with Crippen LogP contribution in [0.2, 0.25) is 0 Å². The van der Waals surface area contributed by atoms with Crippen LogP contribution in [0.25, 0.3) is 5.57 Å². The van der Waals surface area contributed by atoms with Gasteiger partial charge in [-0.25, -0.2) is 0 Å². The molecule has 1 rings (SSSR count). The van der Waals surface area contributed by atoms with E-state index in [0.717, 1.165) is 35.6 Å². The van der Waals surface area contributed by atoms with E-state index in [-0.39, 0.29) is 0 Å². The van der Waals surface area contributed by atoms with Gasteiger partial charge in [0.05, 0.1) is 0 Å². The van der Waals surface area contributed by atoms with Crippen LogP contribution in [0, 0.1) is 0 Å². The lowest BCUT2D eigenvalue weighted by Crippen LogP contribution is -2.57. The second kappa shape index (κ2) is 9.95. The molecule has 22 heavy (non-hydrogen) atoms. The molecule has 0 atom stereocenters. The molecule has 0 amide bonds. The van der Waals surface area contributed by atoms with Gasteiger partial charge < -0.3 is 13.3 Å². The summed E-state index contributed by atoms with van der Waals surface area (Å²) in [6, 6.07) is 8.25. The quantitative estimate of drug-likeness (QED) is 0.573. The largest absolute Gasteiger partial charge is 0.537 e. The number of benzene rings is 1. The van der Waals surface area contributed by atoms with Gasteiger partial charge in [0.2, 0.25) is 0 Å². The van der Waals surface area contributed by atoms with Crippen LogP contribution in [0.1, 0.15) is 52.5 Å². The highest BCUT2D eigenvalue weighted by Crippen LogP contribution is 2.16. The third kappa shape index (κ3) is 5.36. The minimum Gasteiger partial charge on any atom is -0.370 e. The Morgan fingerprint density at radius 1 is 0.955 bits per heavy atom. The van der Waals surface area contributed by atoms with Crippen LogP contribution in [0.3, 0.4) is 0 Å². The molecule has 0 N–H and O–H groups in total. The predicted octanol–water partition coefficient (Wildman–Crippen LogP) is 4.15. The van der Waals surface area contributed by atoms with E-state index in [0.29, 0.717) is 19.8 Å². The molecule has 0 bridgehead atoms. The van der Waals surface area contributed by atoms with E-state index in [1.54, 1.807) is 0 Å². The van der Waals surface area contributed by atoms with Crippen molar-refractivity contribution in [2.24, 2.45) is 0 Å². The van der Waals surface area contributed by atoms with E-state index < -0.39 is 8.80 Å². The number of hydrogen-bond donors (Lipinski definition) is 0. The summed E-state index contributed by atoms with van der Waals surface area (Å²) < 4.78 is 18.5. The summed E-state index contributed by atoms with van der Waals surface area (Å²) >= 11 is 0. The first kappa shape index (κ1) is 19.1. The molecule has 4 heteroatoms. The molecule has 0 aliphatic carbocycles. The Bertz CT molecular complexity index is 438. The normalized spacial score (nSPS) is 11.6. The number of allylic oxidation sites excluding steroid dienone is 1. The van der Waals surface area contributed by atoms with Crippen LogP contribution in [-0.2, 0) is 13.3 Å². The van der Waals surface area contributed by atoms with Crippen molar-refractivity contribution in [2.75, 3.05) is 19.8 Å². The Morgan fingerprint density at radius 2 is 1.45 bits per heavy atom. The van der Waals surface area contributed by atoms with Gasteiger partial charge in [0.15, 0.2) is 0 Å². The average Bonchev–Trinajstić information content (AvgIpc) is 2.54. The maximum Gasteiger partial charge on any atom is 0.537 e. The summed E-state index contributed by atoms with van der Waals surface area (Å²) in [5.41, 5.74) is 2.14. The van der Waals surface area contributed by atoms with Gasteiger partial charge in [-0.3, -0.25) is 0 Å². The van der Waals surface area contributed by atoms with Gasteiger partial charge in [-0.2, -0.15) is 0 Å². The minimum absolute atomic E-state index is 0.650. The van der Waals surface area contributed by atoms with Crippen molar-refractivity contribution < 1.29 is 13.3 Å². The molecule has 0 aliphatic heterocycles. The molecule has 0 aliphatic rings. The fourth-order valence-electron chi connectivity index (χ4n) is 2.06. The van der Waals surface area contributed by atoms with Gasteiger partial charge in [-0.1, -0.05) is 51.1 Å². The highest BCUT2D eigenvalue weighted by Gasteiger charge is 2.43. The summed E-state index contributed by atoms with van der Waals surface area (Å²) in [6.07, 6.45) is 2.83. The minimum atomic E-state index is -2.85. The zero-order valence-electron chi connectivity index (χ0n) is 14.5. The molecule has 3 nitrogen and oxygen atoms in total. The van der Waals surface area contributed by atoms with E-state index >= 15 is 0 Å². The van der Waals surface area contributed by atoms with Gasteiger partial charge >= 0.3 is 8.80 Å². The van der Waals surface area contributed by atoms with Crippen molar-refractivity contribution in [3.05, 3.63) is 36.4 Å². The smallest absolute Gasteiger partial charge is 0.370 e. The molecular weight excluding hydrogens is 292 g/mol. The zero-order chi connectivity index (χ0) is 16.4. The summed E-state index contributed by atoms with van der Waals surface area (Å²) in [4.78, 5) is 0. The van der Waals surface area contributed by atoms with Crippen molar-refractivity contribution in [3.8, 4) is 0 Å². The van der Waals surface area contributed by atoms with Crippen molar-refractivity contribution in [1.82, 2.24) is 0 Å². The molecule has 0 fully saturated rings. The topological polar surface area (TPSA) is 27.7 Å². The maximum absolute atomic E-state index is 6.17. The van der Waals surface area contributed by atoms with Crippen LogP contribution in [-0.4, -0.2) is 28.6 Å². The van der Waals surface area contributed by atoms with E-state index in [4.69, 9.17) is 13.3 Å². The molecule has 0 heterocycles. The standard InChI is InChI=1S/C18H30O3Si/c1-6-12-19-22(20-13-7-2,21-14-8-3)18-11-9-10-17(15-18)16(4)5/h9-11,15H,4,6-8,12-14H2,1-3,5H3. The third-order valence-corrected chi connectivity index (χ3v) is 5.97. The van der Waals surface area contributed by atoms with E-state index in [1.807, 2.05) is 13.0 Å². The Hall–Kier alpha value is -0.943. The average molecular weight is 323 g/mol.